The SMILES string of the molecule is c1ccc(CN(CC2CCCO2)C2CCCC2)nc1. The van der Waals surface area contributed by atoms with Gasteiger partial charge in [-0.2, -0.15) is 0 Å². The normalized spacial score (nSPS) is 24.4. The lowest BCUT2D eigenvalue weighted by Gasteiger charge is -2.30. The minimum atomic E-state index is 0.448. The van der Waals surface area contributed by atoms with Gasteiger partial charge in [0.2, 0.25) is 0 Å². The Bertz CT molecular complexity index is 370. The smallest absolute Gasteiger partial charge is 0.0703 e. The average molecular weight is 260 g/mol. The van der Waals surface area contributed by atoms with Crippen molar-refractivity contribution in [2.75, 3.05) is 13.2 Å². The zero-order chi connectivity index (χ0) is 12.9. The summed E-state index contributed by atoms with van der Waals surface area (Å²) in [5.74, 6) is 0. The van der Waals surface area contributed by atoms with Gasteiger partial charge in [0, 0.05) is 31.9 Å². The molecule has 0 radical (unpaired) electrons. The maximum absolute atomic E-state index is 5.82. The summed E-state index contributed by atoms with van der Waals surface area (Å²) >= 11 is 0. The number of rotatable bonds is 5. The topological polar surface area (TPSA) is 25.4 Å². The summed E-state index contributed by atoms with van der Waals surface area (Å²) in [6.07, 6.45) is 10.3. The zero-order valence-corrected chi connectivity index (χ0v) is 11.6. The van der Waals surface area contributed by atoms with Crippen molar-refractivity contribution in [3.8, 4) is 0 Å². The van der Waals surface area contributed by atoms with Crippen LogP contribution in [0.1, 0.15) is 44.2 Å². The van der Waals surface area contributed by atoms with E-state index in [4.69, 9.17) is 4.74 Å². The first-order valence-electron chi connectivity index (χ1n) is 7.67. The van der Waals surface area contributed by atoms with Crippen LogP contribution in [0.4, 0.5) is 0 Å². The number of hydrogen-bond donors (Lipinski definition) is 0. The molecule has 3 nitrogen and oxygen atoms in total. The molecule has 1 unspecified atom stereocenters. The van der Waals surface area contributed by atoms with Crippen LogP contribution in [0, 0.1) is 0 Å². The lowest BCUT2D eigenvalue weighted by Crippen LogP contribution is -2.38. The molecule has 1 aliphatic carbocycles. The third kappa shape index (κ3) is 3.54. The van der Waals surface area contributed by atoms with E-state index in [0.717, 1.165) is 25.7 Å². The van der Waals surface area contributed by atoms with Crippen molar-refractivity contribution >= 4 is 0 Å². The summed E-state index contributed by atoms with van der Waals surface area (Å²) in [6.45, 7) is 3.01. The van der Waals surface area contributed by atoms with Gasteiger partial charge in [0.25, 0.3) is 0 Å². The van der Waals surface area contributed by atoms with E-state index in [0.29, 0.717) is 6.10 Å². The molecule has 0 N–H and O–H groups in total. The average Bonchev–Trinajstić information content (AvgIpc) is 3.12. The van der Waals surface area contributed by atoms with Gasteiger partial charge >= 0.3 is 0 Å². The number of hydrogen-bond acceptors (Lipinski definition) is 3. The summed E-state index contributed by atoms with van der Waals surface area (Å²) in [5.41, 5.74) is 1.19. The monoisotopic (exact) mass is 260 g/mol. The Labute approximate surface area is 116 Å². The van der Waals surface area contributed by atoms with Crippen LogP contribution in [0.2, 0.25) is 0 Å². The van der Waals surface area contributed by atoms with Gasteiger partial charge in [0.05, 0.1) is 11.8 Å². The first-order valence-corrected chi connectivity index (χ1v) is 7.67. The first kappa shape index (κ1) is 13.1. The molecule has 0 amide bonds. The van der Waals surface area contributed by atoms with E-state index >= 15 is 0 Å². The molecule has 1 saturated carbocycles. The van der Waals surface area contributed by atoms with Crippen LogP contribution < -0.4 is 0 Å². The molecule has 19 heavy (non-hydrogen) atoms. The lowest BCUT2D eigenvalue weighted by molar-refractivity contribution is 0.0536. The highest BCUT2D eigenvalue weighted by Gasteiger charge is 2.27. The summed E-state index contributed by atoms with van der Waals surface area (Å²) in [4.78, 5) is 7.10. The molecular formula is C16H24N2O. The maximum atomic E-state index is 5.82. The molecule has 0 spiro atoms. The van der Waals surface area contributed by atoms with Crippen molar-refractivity contribution in [3.63, 3.8) is 0 Å². The predicted molar refractivity (Wildman–Crippen MR) is 75.9 cm³/mol. The third-order valence-electron chi connectivity index (χ3n) is 4.39. The van der Waals surface area contributed by atoms with Crippen molar-refractivity contribution in [1.29, 1.82) is 0 Å². The van der Waals surface area contributed by atoms with Crippen molar-refractivity contribution in [2.24, 2.45) is 0 Å². The van der Waals surface area contributed by atoms with E-state index in [2.05, 4.69) is 22.0 Å². The van der Waals surface area contributed by atoms with Crippen LogP contribution in [0.3, 0.4) is 0 Å². The second-order valence-corrected chi connectivity index (χ2v) is 5.82. The molecule has 1 aromatic heterocycles. The quantitative estimate of drug-likeness (QED) is 0.813. The van der Waals surface area contributed by atoms with Gasteiger partial charge in [0.1, 0.15) is 0 Å². The van der Waals surface area contributed by atoms with Crippen LogP contribution in [-0.4, -0.2) is 35.2 Å². The summed E-state index contributed by atoms with van der Waals surface area (Å²) in [5, 5.41) is 0. The van der Waals surface area contributed by atoms with Crippen molar-refractivity contribution in [1.82, 2.24) is 9.88 Å². The Balaban J connectivity index is 1.64. The molecule has 1 aromatic rings. The van der Waals surface area contributed by atoms with E-state index in [1.54, 1.807) is 0 Å². The van der Waals surface area contributed by atoms with Crippen LogP contribution >= 0.6 is 0 Å². The van der Waals surface area contributed by atoms with Gasteiger partial charge in [0.15, 0.2) is 0 Å². The van der Waals surface area contributed by atoms with Gasteiger partial charge in [-0.25, -0.2) is 0 Å². The van der Waals surface area contributed by atoms with Crippen molar-refractivity contribution < 1.29 is 4.74 Å². The third-order valence-corrected chi connectivity index (χ3v) is 4.39. The highest BCUT2D eigenvalue weighted by molar-refractivity contribution is 5.04. The van der Waals surface area contributed by atoms with Crippen molar-refractivity contribution in [2.45, 2.75) is 57.2 Å². The summed E-state index contributed by atoms with van der Waals surface area (Å²) in [6, 6.07) is 6.95. The van der Waals surface area contributed by atoms with Crippen LogP contribution in [0.25, 0.3) is 0 Å². The van der Waals surface area contributed by atoms with E-state index in [1.807, 2.05) is 12.3 Å². The van der Waals surface area contributed by atoms with Gasteiger partial charge in [-0.15, -0.1) is 0 Å². The van der Waals surface area contributed by atoms with E-state index < -0.39 is 0 Å². The Morgan fingerprint density at radius 3 is 2.74 bits per heavy atom. The molecule has 104 valence electrons. The Morgan fingerprint density at radius 2 is 2.05 bits per heavy atom. The molecule has 2 heterocycles. The number of nitrogens with zero attached hydrogens (tertiary/aromatic N) is 2. The Morgan fingerprint density at radius 1 is 1.16 bits per heavy atom. The fourth-order valence-corrected chi connectivity index (χ4v) is 3.36. The molecule has 3 heteroatoms. The molecule has 3 rings (SSSR count). The second kappa shape index (κ2) is 6.49. The Hall–Kier alpha value is -0.930. The minimum Gasteiger partial charge on any atom is -0.377 e. The summed E-state index contributed by atoms with van der Waals surface area (Å²) in [7, 11) is 0. The van der Waals surface area contributed by atoms with Gasteiger partial charge in [-0.05, 0) is 37.8 Å². The molecule has 0 bridgehead atoms. The van der Waals surface area contributed by atoms with Crippen LogP contribution in [0.15, 0.2) is 24.4 Å². The fraction of sp³-hybridized carbons (Fsp3) is 0.688. The standard InChI is InChI=1S/C16H24N2O/c1-2-8-15(7-1)18(13-16-9-5-11-19-16)12-14-6-3-4-10-17-14/h3-4,6,10,15-16H,1-2,5,7-9,11-13H2. The molecule has 1 aliphatic heterocycles. The molecule has 1 atom stereocenters. The fourth-order valence-electron chi connectivity index (χ4n) is 3.36. The molecule has 2 aliphatic rings. The zero-order valence-electron chi connectivity index (χ0n) is 11.6. The lowest BCUT2D eigenvalue weighted by atomic mass is 10.1. The van der Waals surface area contributed by atoms with E-state index in [1.165, 1.54) is 44.2 Å². The number of pyridine rings is 1. The molecule has 0 aromatic carbocycles. The van der Waals surface area contributed by atoms with Crippen LogP contribution in [0.5, 0.6) is 0 Å². The van der Waals surface area contributed by atoms with Gasteiger partial charge in [-0.1, -0.05) is 18.9 Å². The number of ether oxygens (including phenoxy) is 1. The van der Waals surface area contributed by atoms with E-state index in [-0.39, 0.29) is 0 Å². The Kier molecular flexibility index (Phi) is 4.46. The largest absolute Gasteiger partial charge is 0.377 e. The van der Waals surface area contributed by atoms with Gasteiger partial charge < -0.3 is 4.74 Å². The first-order chi connectivity index (χ1) is 9.42. The maximum Gasteiger partial charge on any atom is 0.0703 e. The highest BCUT2D eigenvalue weighted by atomic mass is 16.5. The van der Waals surface area contributed by atoms with E-state index in [9.17, 15) is 0 Å². The highest BCUT2D eigenvalue weighted by Crippen LogP contribution is 2.26. The molecule has 1 saturated heterocycles. The van der Waals surface area contributed by atoms with Crippen LogP contribution in [-0.2, 0) is 11.3 Å². The predicted octanol–water partition coefficient (Wildman–Crippen LogP) is 3.01. The second-order valence-electron chi connectivity index (χ2n) is 5.82. The summed E-state index contributed by atoms with van der Waals surface area (Å²) < 4.78 is 5.82. The van der Waals surface area contributed by atoms with Crippen molar-refractivity contribution in [3.05, 3.63) is 30.1 Å². The molecule has 2 fully saturated rings. The van der Waals surface area contributed by atoms with Gasteiger partial charge in [-0.3, -0.25) is 9.88 Å². The number of aromatic nitrogens is 1. The minimum absolute atomic E-state index is 0.448. The molecular weight excluding hydrogens is 236 g/mol.